The molecule has 0 aliphatic heterocycles. The summed E-state index contributed by atoms with van der Waals surface area (Å²) in [5.41, 5.74) is -2.19. The quantitative estimate of drug-likeness (QED) is 0.786. The van der Waals surface area contributed by atoms with Gasteiger partial charge in [-0.1, -0.05) is 30.3 Å². The van der Waals surface area contributed by atoms with E-state index in [2.05, 4.69) is 10.1 Å². The fourth-order valence-corrected chi connectivity index (χ4v) is 3.65. The predicted octanol–water partition coefficient (Wildman–Crippen LogP) is 2.20. The molecule has 136 valence electrons. The maximum absolute atomic E-state index is 12.2. The Labute approximate surface area is 149 Å². The molecule has 1 aliphatic carbocycles. The van der Waals surface area contributed by atoms with Crippen molar-refractivity contribution in [1.82, 2.24) is 14.8 Å². The molecule has 1 saturated carbocycles. The van der Waals surface area contributed by atoms with Crippen molar-refractivity contribution < 1.29 is 24.6 Å². The SMILES string of the molecule is CC1(C(=O)O)CCCC(C(=O)O)(n2nc(-c3ccccc3)nc2C=O)C1. The van der Waals surface area contributed by atoms with Crippen molar-refractivity contribution in [1.29, 1.82) is 0 Å². The molecule has 0 bridgehead atoms. The minimum atomic E-state index is -1.62. The first-order valence-corrected chi connectivity index (χ1v) is 8.27. The average Bonchev–Trinajstić information content (AvgIpc) is 3.07. The number of carbonyl (C=O) groups is 3. The molecule has 3 rings (SSSR count). The zero-order valence-corrected chi connectivity index (χ0v) is 14.3. The molecule has 0 saturated heterocycles. The standard InChI is InChI=1S/C18H19N3O5/c1-17(15(23)24)8-5-9-18(11-17,16(25)26)21-13(10-22)19-14(20-21)12-6-3-2-4-7-12/h2-4,6-7,10H,5,8-9,11H2,1H3,(H,23,24)(H,25,26). The highest BCUT2D eigenvalue weighted by molar-refractivity contribution is 5.82. The second-order valence-electron chi connectivity index (χ2n) is 6.92. The summed E-state index contributed by atoms with van der Waals surface area (Å²) in [6.07, 6.45) is 1.24. The molecular weight excluding hydrogens is 338 g/mol. The Balaban J connectivity index is 2.15. The van der Waals surface area contributed by atoms with Gasteiger partial charge in [0.1, 0.15) is 0 Å². The van der Waals surface area contributed by atoms with Gasteiger partial charge >= 0.3 is 11.9 Å². The van der Waals surface area contributed by atoms with E-state index in [-0.39, 0.29) is 24.5 Å². The molecule has 0 radical (unpaired) electrons. The molecule has 1 fully saturated rings. The van der Waals surface area contributed by atoms with Crippen LogP contribution in [0.25, 0.3) is 11.4 Å². The Kier molecular flexibility index (Phi) is 4.35. The topological polar surface area (TPSA) is 122 Å². The lowest BCUT2D eigenvalue weighted by atomic mass is 9.67. The van der Waals surface area contributed by atoms with Crippen LogP contribution in [0.15, 0.2) is 30.3 Å². The van der Waals surface area contributed by atoms with Crippen LogP contribution in [0.3, 0.4) is 0 Å². The third kappa shape index (κ3) is 2.77. The number of carboxylic acid groups (broad SMARTS) is 2. The molecule has 2 unspecified atom stereocenters. The fourth-order valence-electron chi connectivity index (χ4n) is 3.65. The number of rotatable bonds is 5. The Bertz CT molecular complexity index is 863. The van der Waals surface area contributed by atoms with Gasteiger partial charge in [-0.05, 0) is 32.6 Å². The molecule has 8 heteroatoms. The summed E-state index contributed by atoms with van der Waals surface area (Å²) in [6.45, 7) is 1.53. The van der Waals surface area contributed by atoms with Crippen LogP contribution in [0, 0.1) is 5.41 Å². The molecule has 2 aromatic rings. The highest BCUT2D eigenvalue weighted by Crippen LogP contribution is 2.46. The van der Waals surface area contributed by atoms with E-state index >= 15 is 0 Å². The van der Waals surface area contributed by atoms with Gasteiger partial charge < -0.3 is 10.2 Å². The van der Waals surface area contributed by atoms with E-state index in [1.807, 2.05) is 6.07 Å². The summed E-state index contributed by atoms with van der Waals surface area (Å²) in [5.74, 6) is -2.16. The summed E-state index contributed by atoms with van der Waals surface area (Å²) in [4.78, 5) is 39.6. The van der Waals surface area contributed by atoms with E-state index in [0.29, 0.717) is 24.7 Å². The Hall–Kier alpha value is -3.03. The van der Waals surface area contributed by atoms with E-state index in [1.54, 1.807) is 24.3 Å². The third-order valence-corrected chi connectivity index (χ3v) is 5.09. The number of aromatic nitrogens is 3. The van der Waals surface area contributed by atoms with Crippen LogP contribution in [0.2, 0.25) is 0 Å². The molecule has 1 aromatic heterocycles. The van der Waals surface area contributed by atoms with Crippen LogP contribution in [0.4, 0.5) is 0 Å². The number of aldehydes is 1. The summed E-state index contributed by atoms with van der Waals surface area (Å²) in [7, 11) is 0. The summed E-state index contributed by atoms with van der Waals surface area (Å²) >= 11 is 0. The van der Waals surface area contributed by atoms with Crippen LogP contribution in [0.5, 0.6) is 0 Å². The molecule has 2 atom stereocenters. The van der Waals surface area contributed by atoms with Crippen molar-refractivity contribution in [3.05, 3.63) is 36.2 Å². The number of carboxylic acids is 2. The molecule has 2 N–H and O–H groups in total. The number of benzene rings is 1. The zero-order chi connectivity index (χ0) is 18.9. The summed E-state index contributed by atoms with van der Waals surface area (Å²) < 4.78 is 1.10. The van der Waals surface area contributed by atoms with Crippen LogP contribution < -0.4 is 0 Å². The third-order valence-electron chi connectivity index (χ3n) is 5.09. The minimum Gasteiger partial charge on any atom is -0.481 e. The number of aliphatic carboxylic acids is 2. The first-order chi connectivity index (χ1) is 12.3. The van der Waals surface area contributed by atoms with Gasteiger partial charge in [-0.3, -0.25) is 9.59 Å². The number of nitrogens with zero attached hydrogens (tertiary/aromatic N) is 3. The van der Waals surface area contributed by atoms with Gasteiger partial charge in [0, 0.05) is 5.56 Å². The average molecular weight is 357 g/mol. The smallest absolute Gasteiger partial charge is 0.331 e. The van der Waals surface area contributed by atoms with E-state index in [0.717, 1.165) is 4.68 Å². The Morgan fingerprint density at radius 1 is 1.15 bits per heavy atom. The summed E-state index contributed by atoms with van der Waals surface area (Å²) in [6, 6.07) is 8.89. The van der Waals surface area contributed by atoms with E-state index in [1.165, 1.54) is 6.92 Å². The fraction of sp³-hybridized carbons (Fsp3) is 0.389. The lowest BCUT2D eigenvalue weighted by Crippen LogP contribution is -2.51. The van der Waals surface area contributed by atoms with Crippen molar-refractivity contribution in [3.8, 4) is 11.4 Å². The second-order valence-corrected chi connectivity index (χ2v) is 6.92. The van der Waals surface area contributed by atoms with Gasteiger partial charge in [-0.25, -0.2) is 14.5 Å². The second kappa shape index (κ2) is 6.36. The van der Waals surface area contributed by atoms with Crippen LogP contribution in [-0.2, 0) is 15.1 Å². The van der Waals surface area contributed by atoms with E-state index in [4.69, 9.17) is 0 Å². The van der Waals surface area contributed by atoms with Gasteiger partial charge in [0.15, 0.2) is 23.5 Å². The maximum Gasteiger partial charge on any atom is 0.331 e. The molecule has 1 aliphatic rings. The molecular formula is C18H19N3O5. The van der Waals surface area contributed by atoms with E-state index < -0.39 is 22.9 Å². The molecule has 26 heavy (non-hydrogen) atoms. The van der Waals surface area contributed by atoms with Crippen molar-refractivity contribution in [2.45, 2.75) is 38.1 Å². The first kappa shape index (κ1) is 17.8. The Morgan fingerprint density at radius 2 is 1.85 bits per heavy atom. The lowest BCUT2D eigenvalue weighted by Gasteiger charge is -2.41. The summed E-state index contributed by atoms with van der Waals surface area (Å²) in [5, 5.41) is 23.8. The van der Waals surface area contributed by atoms with Gasteiger partial charge in [0.05, 0.1) is 5.41 Å². The maximum atomic E-state index is 12.2. The van der Waals surface area contributed by atoms with Crippen LogP contribution in [-0.4, -0.2) is 43.2 Å². The van der Waals surface area contributed by atoms with Crippen molar-refractivity contribution in [2.75, 3.05) is 0 Å². The molecule has 1 heterocycles. The molecule has 0 amide bonds. The molecule has 8 nitrogen and oxygen atoms in total. The van der Waals surface area contributed by atoms with Crippen LogP contribution in [0.1, 0.15) is 43.2 Å². The highest BCUT2D eigenvalue weighted by atomic mass is 16.4. The number of hydrogen-bond acceptors (Lipinski definition) is 5. The molecule has 1 aromatic carbocycles. The lowest BCUT2D eigenvalue weighted by molar-refractivity contribution is -0.161. The predicted molar refractivity (Wildman–Crippen MR) is 90.7 cm³/mol. The van der Waals surface area contributed by atoms with Crippen molar-refractivity contribution in [2.24, 2.45) is 5.41 Å². The molecule has 0 spiro atoms. The van der Waals surface area contributed by atoms with Crippen LogP contribution >= 0.6 is 0 Å². The van der Waals surface area contributed by atoms with Gasteiger partial charge in [0.2, 0.25) is 0 Å². The Morgan fingerprint density at radius 3 is 2.42 bits per heavy atom. The monoisotopic (exact) mass is 357 g/mol. The number of carbonyl (C=O) groups excluding carboxylic acids is 1. The largest absolute Gasteiger partial charge is 0.481 e. The van der Waals surface area contributed by atoms with Gasteiger partial charge in [-0.2, -0.15) is 0 Å². The zero-order valence-electron chi connectivity index (χ0n) is 14.3. The van der Waals surface area contributed by atoms with Crippen molar-refractivity contribution >= 4 is 18.2 Å². The normalized spacial score (nSPS) is 25.6. The highest BCUT2D eigenvalue weighted by Gasteiger charge is 2.53. The van der Waals surface area contributed by atoms with E-state index in [9.17, 15) is 24.6 Å². The van der Waals surface area contributed by atoms with Gasteiger partial charge in [0.25, 0.3) is 0 Å². The number of hydrogen-bond donors (Lipinski definition) is 2. The minimum absolute atomic E-state index is 0.124. The first-order valence-electron chi connectivity index (χ1n) is 8.27. The van der Waals surface area contributed by atoms with Gasteiger partial charge in [-0.15, -0.1) is 5.10 Å². The van der Waals surface area contributed by atoms with Crippen molar-refractivity contribution in [3.63, 3.8) is 0 Å².